The van der Waals surface area contributed by atoms with Gasteiger partial charge in [0.25, 0.3) is 5.91 Å². The van der Waals surface area contributed by atoms with Crippen molar-refractivity contribution in [1.29, 1.82) is 0 Å². The van der Waals surface area contributed by atoms with Crippen molar-refractivity contribution in [3.63, 3.8) is 0 Å². The molecule has 2 aromatic heterocycles. The van der Waals surface area contributed by atoms with E-state index in [1.54, 1.807) is 13.8 Å². The zero-order valence-corrected chi connectivity index (χ0v) is 16.5. The number of nitrogens with one attached hydrogen (secondary N) is 4. The van der Waals surface area contributed by atoms with Gasteiger partial charge >= 0.3 is 0 Å². The highest BCUT2D eigenvalue weighted by atomic mass is 32.2. The average molecular weight is 424 g/mol. The number of hydrogen-bond acceptors (Lipinski definition) is 5. The largest absolute Gasteiger partial charge is 0.479 e. The molecule has 0 fully saturated rings. The lowest BCUT2D eigenvalue weighted by molar-refractivity contribution is 0.101. The number of nitrogens with zero attached hydrogens (tertiary/aromatic N) is 2. The quantitative estimate of drug-likeness (QED) is 0.464. The molecule has 0 bridgehead atoms. The number of ether oxygens (including phenoxy) is 1. The molecule has 9 nitrogen and oxygen atoms in total. The van der Waals surface area contributed by atoms with Crippen LogP contribution < -0.4 is 19.5 Å². The first-order valence-corrected chi connectivity index (χ1v) is 9.57. The Kier molecular flexibility index (Phi) is 6.03. The Morgan fingerprint density at radius 2 is 2.07 bits per heavy atom. The van der Waals surface area contributed by atoms with E-state index in [1.165, 1.54) is 19.4 Å². The number of pyridine rings is 1. The summed E-state index contributed by atoms with van der Waals surface area (Å²) in [7, 11) is 1.42. The molecule has 0 spiro atoms. The molecule has 1 aromatic carbocycles. The van der Waals surface area contributed by atoms with Crippen molar-refractivity contribution >= 4 is 39.5 Å². The van der Waals surface area contributed by atoms with E-state index < -0.39 is 34.3 Å². The van der Waals surface area contributed by atoms with Crippen LogP contribution in [-0.4, -0.2) is 38.4 Å². The number of benzene rings is 1. The molecular weight excluding hydrogens is 406 g/mol. The highest BCUT2D eigenvalue weighted by Crippen LogP contribution is 2.26. The molecule has 4 N–H and O–H groups in total. The molecule has 1 atom stereocenters. The Morgan fingerprint density at radius 1 is 1.31 bits per heavy atom. The predicted molar refractivity (Wildman–Crippen MR) is 105 cm³/mol. The minimum absolute atomic E-state index is 0.142. The van der Waals surface area contributed by atoms with Gasteiger partial charge in [-0.15, -0.1) is 5.10 Å². The second-order valence-corrected chi connectivity index (χ2v) is 7.21. The number of fused-ring (bicyclic) bond motifs is 1. The molecule has 0 saturated carbocycles. The van der Waals surface area contributed by atoms with Crippen LogP contribution in [0.4, 0.5) is 20.2 Å². The first-order chi connectivity index (χ1) is 13.8. The van der Waals surface area contributed by atoms with E-state index in [-0.39, 0.29) is 23.3 Å². The van der Waals surface area contributed by atoms with Crippen LogP contribution >= 0.6 is 0 Å². The lowest BCUT2D eigenvalue weighted by Gasteiger charge is -2.13. The fourth-order valence-corrected chi connectivity index (χ4v) is 3.33. The van der Waals surface area contributed by atoms with E-state index in [0.717, 1.165) is 12.1 Å². The SMILES string of the molecule is COc1n[nH]c2ncc(NC(=O)c3c(F)ccc(NS(=O)NC(C)C)c3F)cc12. The Labute approximate surface area is 167 Å². The van der Waals surface area contributed by atoms with E-state index in [4.69, 9.17) is 4.74 Å². The highest BCUT2D eigenvalue weighted by molar-refractivity contribution is 7.84. The number of carbonyl (C=O) groups excluding carboxylic acids is 1. The number of halogens is 2. The fourth-order valence-electron chi connectivity index (χ4n) is 2.48. The summed E-state index contributed by atoms with van der Waals surface area (Å²) in [4.78, 5) is 16.6. The Balaban J connectivity index is 1.87. The molecule has 1 amide bonds. The maximum atomic E-state index is 14.7. The van der Waals surface area contributed by atoms with Gasteiger partial charge in [-0.05, 0) is 32.0 Å². The summed E-state index contributed by atoms with van der Waals surface area (Å²) in [5, 5.41) is 9.41. The third-order valence-corrected chi connectivity index (χ3v) is 4.79. The van der Waals surface area contributed by atoms with Gasteiger partial charge in [0.05, 0.1) is 30.1 Å². The molecule has 2 heterocycles. The number of aromatic amines is 1. The van der Waals surface area contributed by atoms with Gasteiger partial charge in [-0.25, -0.2) is 22.7 Å². The molecular formula is C17H18F2N6O3S. The number of methoxy groups -OCH3 is 1. The number of hydrogen-bond donors (Lipinski definition) is 4. The van der Waals surface area contributed by atoms with Gasteiger partial charge in [-0.3, -0.25) is 14.6 Å². The lowest BCUT2D eigenvalue weighted by Crippen LogP contribution is -2.30. The number of rotatable bonds is 7. The van der Waals surface area contributed by atoms with E-state index in [2.05, 4.69) is 29.9 Å². The number of H-pyrrole nitrogens is 1. The van der Waals surface area contributed by atoms with Crippen molar-refractivity contribution in [2.45, 2.75) is 19.9 Å². The zero-order chi connectivity index (χ0) is 21.1. The standard InChI is InChI=1S/C17H18F2N6O3S/c1-8(2)24-29(27)25-12-5-4-11(18)13(14(12)19)16(26)21-9-6-10-15(20-7-9)22-23-17(10)28-3/h4-8,24-25H,1-3H3,(H,21,26)(H,20,22,23). The average Bonchev–Trinajstić information content (AvgIpc) is 3.06. The molecule has 154 valence electrons. The summed E-state index contributed by atoms with van der Waals surface area (Å²) < 4.78 is 50.9. The topological polar surface area (TPSA) is 121 Å². The zero-order valence-electron chi connectivity index (χ0n) is 15.7. The molecule has 1 unspecified atom stereocenters. The Hall–Kier alpha value is -3.12. The molecule has 0 aliphatic heterocycles. The number of carbonyl (C=O) groups is 1. The molecule has 3 rings (SSSR count). The van der Waals surface area contributed by atoms with E-state index >= 15 is 0 Å². The Morgan fingerprint density at radius 3 is 2.76 bits per heavy atom. The van der Waals surface area contributed by atoms with Crippen LogP contribution in [0.3, 0.4) is 0 Å². The van der Waals surface area contributed by atoms with Crippen LogP contribution in [0.2, 0.25) is 0 Å². The molecule has 29 heavy (non-hydrogen) atoms. The lowest BCUT2D eigenvalue weighted by atomic mass is 10.1. The normalized spacial score (nSPS) is 12.2. The maximum Gasteiger partial charge on any atom is 0.261 e. The van der Waals surface area contributed by atoms with Gasteiger partial charge in [0.2, 0.25) is 5.88 Å². The summed E-state index contributed by atoms with van der Waals surface area (Å²) in [6, 6.07) is 3.33. The van der Waals surface area contributed by atoms with E-state index in [1.807, 2.05) is 0 Å². The van der Waals surface area contributed by atoms with E-state index in [9.17, 15) is 17.8 Å². The Bertz CT molecular complexity index is 1090. The monoisotopic (exact) mass is 424 g/mol. The third kappa shape index (κ3) is 4.49. The summed E-state index contributed by atoms with van der Waals surface area (Å²) in [5.74, 6) is -3.01. The van der Waals surface area contributed by atoms with E-state index in [0.29, 0.717) is 11.0 Å². The maximum absolute atomic E-state index is 14.7. The molecule has 3 aromatic rings. The first-order valence-electron chi connectivity index (χ1n) is 8.42. The summed E-state index contributed by atoms with van der Waals surface area (Å²) >= 11 is -1.82. The van der Waals surface area contributed by atoms with Crippen molar-refractivity contribution in [3.05, 3.63) is 41.6 Å². The van der Waals surface area contributed by atoms with Crippen LogP contribution in [0.25, 0.3) is 11.0 Å². The molecule has 0 radical (unpaired) electrons. The van der Waals surface area contributed by atoms with Gasteiger partial charge in [0, 0.05) is 6.04 Å². The van der Waals surface area contributed by atoms with Crippen LogP contribution in [0, 0.1) is 11.6 Å². The van der Waals surface area contributed by atoms with Gasteiger partial charge in [0.1, 0.15) is 11.4 Å². The van der Waals surface area contributed by atoms with Crippen molar-refractivity contribution in [3.8, 4) is 5.88 Å². The highest BCUT2D eigenvalue weighted by Gasteiger charge is 2.22. The minimum atomic E-state index is -1.82. The van der Waals surface area contributed by atoms with Gasteiger partial charge in [-0.2, -0.15) is 0 Å². The molecule has 0 saturated heterocycles. The minimum Gasteiger partial charge on any atom is -0.479 e. The summed E-state index contributed by atoms with van der Waals surface area (Å²) in [6.07, 6.45) is 1.30. The van der Waals surface area contributed by atoms with Crippen LogP contribution in [0.1, 0.15) is 24.2 Å². The molecule has 0 aliphatic carbocycles. The smallest absolute Gasteiger partial charge is 0.261 e. The van der Waals surface area contributed by atoms with Crippen molar-refractivity contribution < 1.29 is 22.5 Å². The van der Waals surface area contributed by atoms with Crippen molar-refractivity contribution in [2.24, 2.45) is 0 Å². The summed E-state index contributed by atoms with van der Waals surface area (Å²) in [5.41, 5.74) is -0.503. The number of aromatic nitrogens is 3. The fraction of sp³-hybridized carbons (Fsp3) is 0.235. The number of anilines is 2. The molecule has 0 aliphatic rings. The summed E-state index contributed by atoms with van der Waals surface area (Å²) in [6.45, 7) is 3.50. The predicted octanol–water partition coefficient (Wildman–Crippen LogP) is 2.49. The third-order valence-electron chi connectivity index (χ3n) is 3.70. The van der Waals surface area contributed by atoms with Crippen LogP contribution in [-0.2, 0) is 11.2 Å². The number of amides is 1. The van der Waals surface area contributed by atoms with Crippen molar-refractivity contribution in [1.82, 2.24) is 19.9 Å². The van der Waals surface area contributed by atoms with Crippen LogP contribution in [0.15, 0.2) is 24.4 Å². The van der Waals surface area contributed by atoms with Gasteiger partial charge in [-0.1, -0.05) is 0 Å². The first kappa shape index (κ1) is 20.6. The molecule has 12 heteroatoms. The van der Waals surface area contributed by atoms with Gasteiger partial charge < -0.3 is 10.1 Å². The van der Waals surface area contributed by atoms with Gasteiger partial charge in [0.15, 0.2) is 22.6 Å². The second-order valence-electron chi connectivity index (χ2n) is 6.23. The second kappa shape index (κ2) is 8.49. The van der Waals surface area contributed by atoms with Crippen LogP contribution in [0.5, 0.6) is 5.88 Å². The van der Waals surface area contributed by atoms with Crippen molar-refractivity contribution in [2.75, 3.05) is 17.1 Å².